The molecule has 4 rings (SSSR count). The maximum atomic E-state index is 13.0. The Bertz CT molecular complexity index is 1170. The van der Waals surface area contributed by atoms with Crippen molar-refractivity contribution in [2.24, 2.45) is 5.92 Å². The van der Waals surface area contributed by atoms with Crippen LogP contribution in [0.25, 0.3) is 0 Å². The Labute approximate surface area is 188 Å². The molecule has 176 valence electrons. The Balaban J connectivity index is 1.45. The summed E-state index contributed by atoms with van der Waals surface area (Å²) in [5.41, 5.74) is 0.490. The van der Waals surface area contributed by atoms with Crippen molar-refractivity contribution in [2.45, 2.75) is 25.6 Å². The summed E-state index contributed by atoms with van der Waals surface area (Å²) >= 11 is 0. The number of carbonyl (C=O) groups is 1. The van der Waals surface area contributed by atoms with E-state index in [1.807, 2.05) is 0 Å². The minimum atomic E-state index is -4.44. The van der Waals surface area contributed by atoms with Crippen LogP contribution in [0.2, 0.25) is 0 Å². The topological polar surface area (TPSA) is 92.7 Å². The van der Waals surface area contributed by atoms with Gasteiger partial charge in [0.15, 0.2) is 0 Å². The first kappa shape index (κ1) is 23.2. The molecule has 0 saturated carbocycles. The van der Waals surface area contributed by atoms with Crippen LogP contribution in [0.4, 0.5) is 13.2 Å². The molecule has 1 saturated heterocycles. The molecule has 0 unspecified atom stereocenters. The minimum Gasteiger partial charge on any atom is -0.439 e. The Kier molecular flexibility index (Phi) is 6.14. The van der Waals surface area contributed by atoms with Gasteiger partial charge in [0.2, 0.25) is 21.8 Å². The number of sulfonamides is 1. The largest absolute Gasteiger partial charge is 0.439 e. The zero-order chi connectivity index (χ0) is 23.8. The first-order valence-corrected chi connectivity index (χ1v) is 11.7. The Morgan fingerprint density at radius 1 is 1.18 bits per heavy atom. The molecule has 0 radical (unpaired) electrons. The second-order valence-electron chi connectivity index (χ2n) is 7.79. The Morgan fingerprint density at radius 3 is 2.58 bits per heavy atom. The smallest absolute Gasteiger partial charge is 0.416 e. The van der Waals surface area contributed by atoms with Crippen molar-refractivity contribution in [1.82, 2.24) is 19.2 Å². The van der Waals surface area contributed by atoms with Gasteiger partial charge in [0.1, 0.15) is 12.1 Å². The molecule has 1 fully saturated rings. The van der Waals surface area contributed by atoms with Crippen molar-refractivity contribution in [3.8, 4) is 11.6 Å². The molecule has 33 heavy (non-hydrogen) atoms. The van der Waals surface area contributed by atoms with Crippen molar-refractivity contribution in [3.05, 3.63) is 59.4 Å². The molecule has 0 spiro atoms. The highest BCUT2D eigenvalue weighted by Gasteiger charge is 2.37. The average Bonchev–Trinajstić information content (AvgIpc) is 3.29. The number of hydrogen-bond donors (Lipinski definition) is 0. The van der Waals surface area contributed by atoms with Crippen LogP contribution in [-0.4, -0.2) is 53.1 Å². The molecule has 0 bridgehead atoms. The highest BCUT2D eigenvalue weighted by Crippen LogP contribution is 2.33. The normalized spacial score (nSPS) is 19.2. The summed E-state index contributed by atoms with van der Waals surface area (Å²) in [6, 6.07) is 4.31. The lowest BCUT2D eigenvalue weighted by molar-refractivity contribution is -0.137. The first-order chi connectivity index (χ1) is 15.6. The van der Waals surface area contributed by atoms with Crippen LogP contribution in [0.15, 0.2) is 42.6 Å². The quantitative estimate of drug-likeness (QED) is 0.651. The van der Waals surface area contributed by atoms with Gasteiger partial charge in [-0.2, -0.15) is 17.5 Å². The molecule has 1 aromatic heterocycles. The van der Waals surface area contributed by atoms with E-state index in [2.05, 4.69) is 16.5 Å². The second-order valence-corrected chi connectivity index (χ2v) is 9.67. The maximum Gasteiger partial charge on any atom is 0.416 e. The molecule has 1 amide bonds. The SMILES string of the molecule is C=CS(=O)(=O)N1CC[C@@H](C(=O)N2CCc3c(ncnc3Oc3ccc(C(F)(F)F)cc3)C2)C1. The number of benzene rings is 1. The molecule has 2 aliphatic heterocycles. The van der Waals surface area contributed by atoms with E-state index in [4.69, 9.17) is 4.74 Å². The third kappa shape index (κ3) is 4.86. The third-order valence-corrected chi connectivity index (χ3v) is 7.22. The molecule has 0 N–H and O–H groups in total. The number of nitrogens with zero attached hydrogens (tertiary/aromatic N) is 4. The number of aromatic nitrogens is 2. The van der Waals surface area contributed by atoms with Crippen LogP contribution in [0.1, 0.15) is 23.2 Å². The number of alkyl halides is 3. The lowest BCUT2D eigenvalue weighted by Crippen LogP contribution is -2.41. The van der Waals surface area contributed by atoms with E-state index < -0.39 is 27.7 Å². The van der Waals surface area contributed by atoms with Gasteiger partial charge in [-0.1, -0.05) is 6.58 Å². The second kappa shape index (κ2) is 8.75. The Morgan fingerprint density at radius 2 is 1.91 bits per heavy atom. The summed E-state index contributed by atoms with van der Waals surface area (Å²) in [5, 5.41) is 0.881. The van der Waals surface area contributed by atoms with E-state index in [0.29, 0.717) is 30.6 Å². The fourth-order valence-corrected chi connectivity index (χ4v) is 4.91. The highest BCUT2D eigenvalue weighted by atomic mass is 32.2. The van der Waals surface area contributed by atoms with E-state index in [-0.39, 0.29) is 37.2 Å². The standard InChI is InChI=1S/C21H21F3N4O4S/c1-2-33(30,31)28-10-7-14(11-28)20(29)27-9-8-17-18(12-27)25-13-26-19(17)32-16-5-3-15(4-6-16)21(22,23)24/h2-6,13-14H,1,7-12H2/t14-/m1/s1. The third-order valence-electron chi connectivity index (χ3n) is 5.75. The summed E-state index contributed by atoms with van der Waals surface area (Å²) in [5.74, 6) is -0.148. The van der Waals surface area contributed by atoms with Gasteiger partial charge in [0.25, 0.3) is 0 Å². The zero-order valence-corrected chi connectivity index (χ0v) is 18.3. The first-order valence-electron chi connectivity index (χ1n) is 10.2. The van der Waals surface area contributed by atoms with Gasteiger partial charge in [-0.15, -0.1) is 0 Å². The van der Waals surface area contributed by atoms with Crippen LogP contribution in [0.5, 0.6) is 11.6 Å². The maximum absolute atomic E-state index is 13.0. The predicted molar refractivity (Wildman–Crippen MR) is 111 cm³/mol. The summed E-state index contributed by atoms with van der Waals surface area (Å²) in [6.45, 7) is 4.28. The summed E-state index contributed by atoms with van der Waals surface area (Å²) in [6.07, 6.45) is -2.32. The van der Waals surface area contributed by atoms with Crippen LogP contribution >= 0.6 is 0 Å². The van der Waals surface area contributed by atoms with Crippen molar-refractivity contribution in [1.29, 1.82) is 0 Å². The van der Waals surface area contributed by atoms with Gasteiger partial charge >= 0.3 is 6.18 Å². The van der Waals surface area contributed by atoms with Crippen LogP contribution in [0.3, 0.4) is 0 Å². The molecule has 0 aliphatic carbocycles. The number of halogens is 3. The summed E-state index contributed by atoms with van der Waals surface area (Å²) in [7, 11) is -3.56. The van der Waals surface area contributed by atoms with Crippen molar-refractivity contribution in [3.63, 3.8) is 0 Å². The van der Waals surface area contributed by atoms with Gasteiger partial charge in [0, 0.05) is 30.6 Å². The van der Waals surface area contributed by atoms with Crippen LogP contribution in [-0.2, 0) is 34.0 Å². The average molecular weight is 482 g/mol. The zero-order valence-electron chi connectivity index (χ0n) is 17.5. The Hall–Kier alpha value is -2.99. The van der Waals surface area contributed by atoms with E-state index in [0.717, 1.165) is 17.5 Å². The number of ether oxygens (including phenoxy) is 1. The lowest BCUT2D eigenvalue weighted by atomic mass is 10.0. The molecule has 1 atom stereocenters. The van der Waals surface area contributed by atoms with E-state index in [9.17, 15) is 26.4 Å². The van der Waals surface area contributed by atoms with E-state index in [1.54, 1.807) is 4.90 Å². The van der Waals surface area contributed by atoms with Gasteiger partial charge in [0.05, 0.1) is 23.7 Å². The molecular formula is C21H21F3N4O4S. The van der Waals surface area contributed by atoms with Crippen LogP contribution in [0, 0.1) is 5.92 Å². The highest BCUT2D eigenvalue weighted by molar-refractivity contribution is 7.92. The number of rotatable bonds is 5. The number of fused-ring (bicyclic) bond motifs is 1. The fraction of sp³-hybridized carbons (Fsp3) is 0.381. The van der Waals surface area contributed by atoms with E-state index in [1.165, 1.54) is 22.8 Å². The van der Waals surface area contributed by atoms with Crippen LogP contribution < -0.4 is 4.74 Å². The van der Waals surface area contributed by atoms with Crippen molar-refractivity contribution in [2.75, 3.05) is 19.6 Å². The molecule has 8 nitrogen and oxygen atoms in total. The number of hydrogen-bond acceptors (Lipinski definition) is 6. The number of amides is 1. The predicted octanol–water partition coefficient (Wildman–Crippen LogP) is 2.97. The molecule has 2 aliphatic rings. The van der Waals surface area contributed by atoms with Gasteiger partial charge in [-0.05, 0) is 37.1 Å². The minimum absolute atomic E-state index is 0.114. The number of carbonyl (C=O) groups excluding carboxylic acids is 1. The summed E-state index contributed by atoms with van der Waals surface area (Å²) in [4.78, 5) is 23.0. The van der Waals surface area contributed by atoms with Crippen molar-refractivity contribution < 1.29 is 31.1 Å². The molecule has 1 aromatic carbocycles. The molecule has 12 heteroatoms. The monoisotopic (exact) mass is 482 g/mol. The molecule has 2 aromatic rings. The fourth-order valence-electron chi connectivity index (χ4n) is 3.95. The lowest BCUT2D eigenvalue weighted by Gasteiger charge is -2.30. The van der Waals surface area contributed by atoms with Gasteiger partial charge in [-0.25, -0.2) is 18.4 Å². The van der Waals surface area contributed by atoms with E-state index >= 15 is 0 Å². The summed E-state index contributed by atoms with van der Waals surface area (Å²) < 4.78 is 69.1. The van der Waals surface area contributed by atoms with Crippen molar-refractivity contribution >= 4 is 15.9 Å². The molecular weight excluding hydrogens is 461 g/mol. The molecule has 3 heterocycles. The van der Waals surface area contributed by atoms with Gasteiger partial charge in [-0.3, -0.25) is 4.79 Å². The van der Waals surface area contributed by atoms with Gasteiger partial charge < -0.3 is 9.64 Å².